The number of aromatic nitrogens is 2. The quantitative estimate of drug-likeness (QED) is 0.473. The molecule has 0 aliphatic heterocycles. The fourth-order valence-electron chi connectivity index (χ4n) is 2.99. The summed E-state index contributed by atoms with van der Waals surface area (Å²) >= 11 is 7.24. The Morgan fingerprint density at radius 1 is 1.22 bits per heavy atom. The Kier molecular flexibility index (Phi) is 4.67. The third-order valence-corrected chi connectivity index (χ3v) is 7.44. The molecule has 4 aromatic rings. The number of thiazole rings is 1. The zero-order valence-corrected chi connectivity index (χ0v) is 16.7. The second kappa shape index (κ2) is 6.99. The lowest BCUT2D eigenvalue weighted by Gasteiger charge is -2.07. The number of nitrogens with zero attached hydrogens (tertiary/aromatic N) is 2. The molecular weight excluding hydrogens is 404 g/mol. The van der Waals surface area contributed by atoms with E-state index in [0.29, 0.717) is 17.0 Å². The van der Waals surface area contributed by atoms with Crippen molar-refractivity contribution in [3.05, 3.63) is 70.8 Å². The van der Waals surface area contributed by atoms with Crippen LogP contribution >= 0.6 is 22.9 Å². The van der Waals surface area contributed by atoms with Crippen molar-refractivity contribution in [2.75, 3.05) is 7.11 Å². The molecule has 0 N–H and O–H groups in total. The first kappa shape index (κ1) is 18.0. The molecule has 0 atom stereocenters. The third-order valence-electron chi connectivity index (χ3n) is 4.22. The van der Waals surface area contributed by atoms with Crippen molar-refractivity contribution >= 4 is 43.7 Å². The van der Waals surface area contributed by atoms with Crippen molar-refractivity contribution < 1.29 is 13.2 Å². The molecule has 2 aromatic heterocycles. The minimum Gasteiger partial charge on any atom is -0.497 e. The Morgan fingerprint density at radius 3 is 2.81 bits per heavy atom. The molecule has 0 aliphatic rings. The standard InChI is InChI=1S/C19H15ClN2O3S2/c1-25-15-4-2-3-13(9-15)11-22-12-18(16-10-14(20)5-6-17(16)22)27(23,24)19-21-7-8-26-19/h2-10,12H,11H2,1H3. The highest BCUT2D eigenvalue weighted by atomic mass is 35.5. The number of fused-ring (bicyclic) bond motifs is 1. The van der Waals surface area contributed by atoms with E-state index in [9.17, 15) is 8.42 Å². The predicted octanol–water partition coefficient (Wildman–Crippen LogP) is 4.64. The van der Waals surface area contributed by atoms with Crippen LogP contribution in [0.5, 0.6) is 5.75 Å². The van der Waals surface area contributed by atoms with Crippen molar-refractivity contribution in [3.63, 3.8) is 0 Å². The lowest BCUT2D eigenvalue weighted by atomic mass is 10.2. The molecule has 2 heterocycles. The maximum atomic E-state index is 13.1. The minimum absolute atomic E-state index is 0.0721. The van der Waals surface area contributed by atoms with E-state index >= 15 is 0 Å². The SMILES string of the molecule is COc1cccc(Cn2cc(S(=O)(=O)c3nccs3)c3cc(Cl)ccc32)c1. The van der Waals surface area contributed by atoms with Crippen molar-refractivity contribution in [1.82, 2.24) is 9.55 Å². The summed E-state index contributed by atoms with van der Waals surface area (Å²) in [6, 6.07) is 12.9. The number of benzene rings is 2. The highest BCUT2D eigenvalue weighted by molar-refractivity contribution is 7.93. The van der Waals surface area contributed by atoms with Crippen LogP contribution in [0.1, 0.15) is 5.56 Å². The number of rotatable bonds is 5. The summed E-state index contributed by atoms with van der Waals surface area (Å²) in [6.07, 6.45) is 3.14. The lowest BCUT2D eigenvalue weighted by Crippen LogP contribution is -2.01. The van der Waals surface area contributed by atoms with Gasteiger partial charge in [-0.05, 0) is 35.9 Å². The van der Waals surface area contributed by atoms with E-state index in [4.69, 9.17) is 16.3 Å². The van der Waals surface area contributed by atoms with Gasteiger partial charge in [-0.1, -0.05) is 23.7 Å². The summed E-state index contributed by atoms with van der Waals surface area (Å²) in [5.41, 5.74) is 1.79. The number of ether oxygens (including phenoxy) is 1. The first-order chi connectivity index (χ1) is 13.0. The molecule has 0 saturated heterocycles. The fraction of sp³-hybridized carbons (Fsp3) is 0.105. The molecule has 8 heteroatoms. The fourth-order valence-corrected chi connectivity index (χ4v) is 5.57. The molecule has 5 nitrogen and oxygen atoms in total. The summed E-state index contributed by atoms with van der Waals surface area (Å²) < 4.78 is 33.4. The second-order valence-electron chi connectivity index (χ2n) is 5.94. The van der Waals surface area contributed by atoms with Crippen molar-refractivity contribution in [2.24, 2.45) is 0 Å². The van der Waals surface area contributed by atoms with Crippen LogP contribution in [-0.4, -0.2) is 25.1 Å². The molecule has 0 unspecified atom stereocenters. The van der Waals surface area contributed by atoms with Crippen molar-refractivity contribution in [3.8, 4) is 5.75 Å². The van der Waals surface area contributed by atoms with Gasteiger partial charge in [0, 0.05) is 40.2 Å². The Labute approximate surface area is 165 Å². The van der Waals surface area contributed by atoms with Crippen LogP contribution in [0.15, 0.2) is 69.5 Å². The Balaban J connectivity index is 1.87. The molecule has 0 radical (unpaired) electrons. The van der Waals surface area contributed by atoms with Crippen LogP contribution < -0.4 is 4.74 Å². The highest BCUT2D eigenvalue weighted by Crippen LogP contribution is 2.33. The molecule has 2 aromatic carbocycles. The maximum absolute atomic E-state index is 13.1. The van der Waals surface area contributed by atoms with Crippen LogP contribution in [-0.2, 0) is 16.4 Å². The maximum Gasteiger partial charge on any atom is 0.235 e. The van der Waals surface area contributed by atoms with E-state index in [1.165, 1.54) is 6.20 Å². The zero-order valence-electron chi connectivity index (χ0n) is 14.3. The molecular formula is C19H15ClN2O3S2. The van der Waals surface area contributed by atoms with E-state index < -0.39 is 9.84 Å². The molecule has 0 bridgehead atoms. The lowest BCUT2D eigenvalue weighted by molar-refractivity contribution is 0.414. The summed E-state index contributed by atoms with van der Waals surface area (Å²) in [7, 11) is -2.10. The van der Waals surface area contributed by atoms with E-state index in [1.54, 1.807) is 30.8 Å². The van der Waals surface area contributed by atoms with Gasteiger partial charge in [-0.2, -0.15) is 0 Å². The third kappa shape index (κ3) is 3.34. The summed E-state index contributed by atoms with van der Waals surface area (Å²) in [5, 5.41) is 2.72. The minimum atomic E-state index is -3.72. The van der Waals surface area contributed by atoms with Crippen molar-refractivity contribution in [2.45, 2.75) is 15.8 Å². The molecule has 4 rings (SSSR count). The number of hydrogen-bond acceptors (Lipinski definition) is 5. The zero-order chi connectivity index (χ0) is 19.0. The molecule has 138 valence electrons. The molecule has 0 saturated carbocycles. The van der Waals surface area contributed by atoms with Crippen molar-refractivity contribution in [1.29, 1.82) is 0 Å². The monoisotopic (exact) mass is 418 g/mol. The normalized spacial score (nSPS) is 11.8. The first-order valence-electron chi connectivity index (χ1n) is 8.05. The molecule has 0 fully saturated rings. The molecule has 0 amide bonds. The number of methoxy groups -OCH3 is 1. The average molecular weight is 419 g/mol. The molecule has 0 spiro atoms. The van der Waals surface area contributed by atoms with Crippen LogP contribution in [0.25, 0.3) is 10.9 Å². The predicted molar refractivity (Wildman–Crippen MR) is 107 cm³/mol. The van der Waals surface area contributed by atoms with Gasteiger partial charge in [-0.3, -0.25) is 0 Å². The van der Waals surface area contributed by atoms with Gasteiger partial charge >= 0.3 is 0 Å². The van der Waals surface area contributed by atoms with Gasteiger partial charge in [-0.25, -0.2) is 13.4 Å². The summed E-state index contributed by atoms with van der Waals surface area (Å²) in [6.45, 7) is 0.503. The number of halogens is 1. The highest BCUT2D eigenvalue weighted by Gasteiger charge is 2.26. The Morgan fingerprint density at radius 2 is 2.07 bits per heavy atom. The van der Waals surface area contributed by atoms with Gasteiger partial charge in [0.15, 0.2) is 0 Å². The number of sulfone groups is 1. The van der Waals surface area contributed by atoms with Crippen LogP contribution in [0.3, 0.4) is 0 Å². The smallest absolute Gasteiger partial charge is 0.235 e. The van der Waals surface area contributed by atoms with Gasteiger partial charge in [0.05, 0.1) is 12.0 Å². The van der Waals surface area contributed by atoms with Gasteiger partial charge in [0.2, 0.25) is 14.2 Å². The van der Waals surface area contributed by atoms with Crippen LogP contribution in [0.2, 0.25) is 5.02 Å². The summed E-state index contributed by atoms with van der Waals surface area (Å²) in [5.74, 6) is 0.752. The first-order valence-corrected chi connectivity index (χ1v) is 10.8. The summed E-state index contributed by atoms with van der Waals surface area (Å²) in [4.78, 5) is 4.19. The van der Waals surface area contributed by atoms with Gasteiger partial charge in [-0.15, -0.1) is 11.3 Å². The van der Waals surface area contributed by atoms with Gasteiger partial charge in [0.1, 0.15) is 5.75 Å². The Bertz CT molecular complexity index is 1220. The Hall–Kier alpha value is -2.35. The van der Waals surface area contributed by atoms with E-state index in [2.05, 4.69) is 4.98 Å². The molecule has 0 aliphatic carbocycles. The van der Waals surface area contributed by atoms with Crippen LogP contribution in [0, 0.1) is 0 Å². The van der Waals surface area contributed by atoms with E-state index in [-0.39, 0.29) is 9.24 Å². The number of hydrogen-bond donors (Lipinski definition) is 0. The van der Waals surface area contributed by atoms with Gasteiger partial charge < -0.3 is 9.30 Å². The van der Waals surface area contributed by atoms with E-state index in [1.807, 2.05) is 34.9 Å². The van der Waals surface area contributed by atoms with Crippen LogP contribution in [0.4, 0.5) is 0 Å². The van der Waals surface area contributed by atoms with E-state index in [0.717, 1.165) is 28.2 Å². The molecule has 27 heavy (non-hydrogen) atoms. The average Bonchev–Trinajstić information content (AvgIpc) is 3.31. The topological polar surface area (TPSA) is 61.2 Å². The van der Waals surface area contributed by atoms with Gasteiger partial charge in [0.25, 0.3) is 0 Å². The largest absolute Gasteiger partial charge is 0.497 e. The second-order valence-corrected chi connectivity index (χ2v) is 9.36.